The van der Waals surface area contributed by atoms with Gasteiger partial charge in [0, 0.05) is 18.0 Å². The molecule has 0 aliphatic rings. The molecule has 0 aliphatic carbocycles. The summed E-state index contributed by atoms with van der Waals surface area (Å²) in [6.07, 6.45) is 3.29. The van der Waals surface area contributed by atoms with E-state index in [9.17, 15) is 4.79 Å². The van der Waals surface area contributed by atoms with Gasteiger partial charge < -0.3 is 0 Å². The number of halogens is 1. The molecule has 0 spiro atoms. The Labute approximate surface area is 96.5 Å². The first-order chi connectivity index (χ1) is 7.20. The molecule has 4 heteroatoms. The second kappa shape index (κ2) is 4.13. The van der Waals surface area contributed by atoms with Gasteiger partial charge in [-0.3, -0.25) is 9.78 Å². The SMILES string of the molecule is Cc1cnccc1C(=O)c1sccc1Cl. The minimum Gasteiger partial charge on any atom is -0.288 e. The largest absolute Gasteiger partial charge is 0.288 e. The maximum absolute atomic E-state index is 12.0. The van der Waals surface area contributed by atoms with Crippen LogP contribution in [0.3, 0.4) is 0 Å². The molecule has 2 aromatic heterocycles. The van der Waals surface area contributed by atoms with Gasteiger partial charge in [-0.2, -0.15) is 0 Å². The molecule has 15 heavy (non-hydrogen) atoms. The third-order valence-electron chi connectivity index (χ3n) is 2.09. The quantitative estimate of drug-likeness (QED) is 0.750. The molecule has 0 radical (unpaired) electrons. The zero-order valence-electron chi connectivity index (χ0n) is 8.03. The summed E-state index contributed by atoms with van der Waals surface area (Å²) in [5.41, 5.74) is 1.53. The van der Waals surface area contributed by atoms with Crippen LogP contribution in [0, 0.1) is 6.92 Å². The molecule has 0 atom stereocenters. The van der Waals surface area contributed by atoms with Gasteiger partial charge in [-0.05, 0) is 30.0 Å². The lowest BCUT2D eigenvalue weighted by Crippen LogP contribution is -2.02. The van der Waals surface area contributed by atoms with E-state index in [4.69, 9.17) is 11.6 Å². The van der Waals surface area contributed by atoms with Gasteiger partial charge in [0.15, 0.2) is 0 Å². The highest BCUT2D eigenvalue weighted by Crippen LogP contribution is 2.25. The van der Waals surface area contributed by atoms with Gasteiger partial charge in [0.2, 0.25) is 5.78 Å². The van der Waals surface area contributed by atoms with Crippen molar-refractivity contribution >= 4 is 28.7 Å². The molecular formula is C11H8ClNOS. The van der Waals surface area contributed by atoms with Crippen LogP contribution >= 0.6 is 22.9 Å². The molecule has 2 heterocycles. The number of rotatable bonds is 2. The molecule has 0 aliphatic heterocycles. The first-order valence-electron chi connectivity index (χ1n) is 4.38. The Kier molecular flexibility index (Phi) is 2.84. The lowest BCUT2D eigenvalue weighted by atomic mass is 10.1. The smallest absolute Gasteiger partial charge is 0.204 e. The average molecular weight is 238 g/mol. The van der Waals surface area contributed by atoms with Gasteiger partial charge >= 0.3 is 0 Å². The van der Waals surface area contributed by atoms with Crippen LogP contribution in [0.15, 0.2) is 29.9 Å². The van der Waals surface area contributed by atoms with Crippen molar-refractivity contribution in [1.82, 2.24) is 4.98 Å². The highest BCUT2D eigenvalue weighted by Gasteiger charge is 2.15. The Balaban J connectivity index is 2.46. The summed E-state index contributed by atoms with van der Waals surface area (Å²) in [4.78, 5) is 16.6. The Morgan fingerprint density at radius 2 is 2.27 bits per heavy atom. The number of ketones is 1. The van der Waals surface area contributed by atoms with Gasteiger partial charge in [-0.1, -0.05) is 11.6 Å². The van der Waals surface area contributed by atoms with Gasteiger partial charge in [0.05, 0.1) is 9.90 Å². The van der Waals surface area contributed by atoms with E-state index in [1.165, 1.54) is 11.3 Å². The molecule has 0 saturated carbocycles. The number of aryl methyl sites for hydroxylation is 1. The van der Waals surface area contributed by atoms with E-state index in [1.807, 2.05) is 12.3 Å². The highest BCUT2D eigenvalue weighted by atomic mass is 35.5. The van der Waals surface area contributed by atoms with E-state index in [1.54, 1.807) is 24.5 Å². The highest BCUT2D eigenvalue weighted by molar-refractivity contribution is 7.13. The maximum Gasteiger partial charge on any atom is 0.204 e. The maximum atomic E-state index is 12.0. The molecule has 0 bridgehead atoms. The van der Waals surface area contributed by atoms with E-state index < -0.39 is 0 Å². The number of carbonyl (C=O) groups excluding carboxylic acids is 1. The number of pyridine rings is 1. The lowest BCUT2D eigenvalue weighted by Gasteiger charge is -2.02. The first-order valence-corrected chi connectivity index (χ1v) is 5.64. The first kappa shape index (κ1) is 10.3. The minimum absolute atomic E-state index is 0.0325. The summed E-state index contributed by atoms with van der Waals surface area (Å²) in [7, 11) is 0. The Bertz CT molecular complexity index is 507. The summed E-state index contributed by atoms with van der Waals surface area (Å²) in [6, 6.07) is 3.45. The van der Waals surface area contributed by atoms with E-state index in [0.717, 1.165) is 5.56 Å². The standard InChI is InChI=1S/C11H8ClNOS/c1-7-6-13-4-2-8(7)10(14)11-9(12)3-5-15-11/h2-6H,1H3. The fourth-order valence-corrected chi connectivity index (χ4v) is 2.40. The topological polar surface area (TPSA) is 30.0 Å². The van der Waals surface area contributed by atoms with Crippen LogP contribution in [-0.2, 0) is 0 Å². The van der Waals surface area contributed by atoms with E-state index in [2.05, 4.69) is 4.98 Å². The van der Waals surface area contributed by atoms with Crippen LogP contribution in [-0.4, -0.2) is 10.8 Å². The third kappa shape index (κ3) is 1.94. The Hall–Kier alpha value is -1.19. The summed E-state index contributed by atoms with van der Waals surface area (Å²) < 4.78 is 0. The molecule has 0 N–H and O–H groups in total. The second-order valence-electron chi connectivity index (χ2n) is 3.12. The third-order valence-corrected chi connectivity index (χ3v) is 3.43. The number of hydrogen-bond donors (Lipinski definition) is 0. The molecule has 0 unspecified atom stereocenters. The number of carbonyl (C=O) groups is 1. The summed E-state index contributed by atoms with van der Waals surface area (Å²) in [5, 5.41) is 2.33. The predicted octanol–water partition coefficient (Wildman–Crippen LogP) is 3.34. The second-order valence-corrected chi connectivity index (χ2v) is 4.44. The average Bonchev–Trinajstić information content (AvgIpc) is 2.64. The summed E-state index contributed by atoms with van der Waals surface area (Å²) in [6.45, 7) is 1.86. The normalized spacial score (nSPS) is 10.3. The van der Waals surface area contributed by atoms with Crippen LogP contribution in [0.2, 0.25) is 5.02 Å². The lowest BCUT2D eigenvalue weighted by molar-refractivity contribution is 0.104. The molecule has 2 rings (SSSR count). The number of thiophene rings is 1. The van der Waals surface area contributed by atoms with Crippen molar-refractivity contribution in [3.63, 3.8) is 0 Å². The van der Waals surface area contributed by atoms with Crippen molar-refractivity contribution in [2.24, 2.45) is 0 Å². The van der Waals surface area contributed by atoms with Crippen molar-refractivity contribution in [2.75, 3.05) is 0 Å². The Morgan fingerprint density at radius 3 is 2.87 bits per heavy atom. The number of aromatic nitrogens is 1. The molecular weight excluding hydrogens is 230 g/mol. The number of nitrogens with zero attached hydrogens (tertiary/aromatic N) is 1. The van der Waals surface area contributed by atoms with Crippen molar-refractivity contribution in [1.29, 1.82) is 0 Å². The van der Waals surface area contributed by atoms with Gasteiger partial charge in [-0.15, -0.1) is 11.3 Å². The zero-order valence-corrected chi connectivity index (χ0v) is 9.60. The molecule has 0 saturated heterocycles. The fourth-order valence-electron chi connectivity index (χ4n) is 1.31. The fraction of sp³-hybridized carbons (Fsp3) is 0.0909. The van der Waals surface area contributed by atoms with Crippen molar-refractivity contribution in [3.05, 3.63) is 50.9 Å². The molecule has 0 amide bonds. The molecule has 2 nitrogen and oxygen atoms in total. The van der Waals surface area contributed by atoms with Crippen LogP contribution in [0.25, 0.3) is 0 Å². The zero-order chi connectivity index (χ0) is 10.8. The van der Waals surface area contributed by atoms with Gasteiger partial charge in [-0.25, -0.2) is 0 Å². The van der Waals surface area contributed by atoms with Crippen molar-refractivity contribution in [3.8, 4) is 0 Å². The summed E-state index contributed by atoms with van der Waals surface area (Å²) in [5.74, 6) is -0.0325. The van der Waals surface area contributed by atoms with Crippen LogP contribution < -0.4 is 0 Å². The monoisotopic (exact) mass is 237 g/mol. The van der Waals surface area contributed by atoms with Crippen molar-refractivity contribution < 1.29 is 4.79 Å². The van der Waals surface area contributed by atoms with Crippen LogP contribution in [0.4, 0.5) is 0 Å². The number of hydrogen-bond acceptors (Lipinski definition) is 3. The van der Waals surface area contributed by atoms with E-state index in [-0.39, 0.29) is 5.78 Å². The van der Waals surface area contributed by atoms with Gasteiger partial charge in [0.1, 0.15) is 0 Å². The Morgan fingerprint density at radius 1 is 1.47 bits per heavy atom. The van der Waals surface area contributed by atoms with E-state index in [0.29, 0.717) is 15.5 Å². The molecule has 0 fully saturated rings. The van der Waals surface area contributed by atoms with Gasteiger partial charge in [0.25, 0.3) is 0 Å². The van der Waals surface area contributed by atoms with Crippen LogP contribution in [0.5, 0.6) is 0 Å². The minimum atomic E-state index is -0.0325. The molecule has 76 valence electrons. The predicted molar refractivity (Wildman–Crippen MR) is 61.7 cm³/mol. The van der Waals surface area contributed by atoms with E-state index >= 15 is 0 Å². The van der Waals surface area contributed by atoms with Crippen LogP contribution in [0.1, 0.15) is 20.8 Å². The molecule has 0 aromatic carbocycles. The molecule has 2 aromatic rings. The summed E-state index contributed by atoms with van der Waals surface area (Å²) >= 11 is 7.27. The van der Waals surface area contributed by atoms with Crippen molar-refractivity contribution in [2.45, 2.75) is 6.92 Å².